The summed E-state index contributed by atoms with van der Waals surface area (Å²) in [6.07, 6.45) is 1.89. The average molecular weight is 326 g/mol. The van der Waals surface area contributed by atoms with E-state index in [0.717, 1.165) is 24.2 Å². The van der Waals surface area contributed by atoms with Gasteiger partial charge in [-0.1, -0.05) is 42.5 Å². The highest BCUT2D eigenvalue weighted by Crippen LogP contribution is 2.12. The Balaban J connectivity index is 1.77. The summed E-state index contributed by atoms with van der Waals surface area (Å²) < 4.78 is 5.14. The smallest absolute Gasteiger partial charge is 0.317 e. The minimum absolute atomic E-state index is 0.0496. The van der Waals surface area contributed by atoms with E-state index in [1.54, 1.807) is 12.0 Å². The number of carbonyl (C=O) groups is 1. The van der Waals surface area contributed by atoms with E-state index in [9.17, 15) is 4.79 Å². The van der Waals surface area contributed by atoms with Crippen LogP contribution in [0.3, 0.4) is 0 Å². The number of amides is 2. The lowest BCUT2D eigenvalue weighted by Crippen LogP contribution is -2.41. The summed E-state index contributed by atoms with van der Waals surface area (Å²) in [6, 6.07) is 18.2. The molecule has 1 N–H and O–H groups in total. The topological polar surface area (TPSA) is 41.6 Å². The van der Waals surface area contributed by atoms with Crippen LogP contribution in [0.1, 0.15) is 24.5 Å². The number of nitrogens with zero attached hydrogens (tertiary/aromatic N) is 1. The van der Waals surface area contributed by atoms with E-state index in [2.05, 4.69) is 17.4 Å². The Morgan fingerprint density at radius 1 is 1.08 bits per heavy atom. The molecule has 0 aliphatic carbocycles. The molecule has 0 spiro atoms. The molecule has 128 valence electrons. The van der Waals surface area contributed by atoms with Crippen LogP contribution < -0.4 is 10.1 Å². The SMILES string of the molecule is COc1ccc(CN(C)C(=O)NC(C)CCc2ccccc2)cc1. The molecule has 0 aliphatic rings. The lowest BCUT2D eigenvalue weighted by atomic mass is 10.1. The molecule has 1 atom stereocenters. The maximum Gasteiger partial charge on any atom is 0.317 e. The van der Waals surface area contributed by atoms with Crippen molar-refractivity contribution in [3.63, 3.8) is 0 Å². The van der Waals surface area contributed by atoms with Crippen molar-refractivity contribution in [1.82, 2.24) is 10.2 Å². The second-order valence-electron chi connectivity index (χ2n) is 6.08. The summed E-state index contributed by atoms with van der Waals surface area (Å²) in [7, 11) is 3.45. The maximum atomic E-state index is 12.3. The predicted octanol–water partition coefficient (Wildman–Crippen LogP) is 3.86. The van der Waals surface area contributed by atoms with Crippen LogP contribution in [0, 0.1) is 0 Å². The average Bonchev–Trinajstić information content (AvgIpc) is 2.61. The molecule has 2 aromatic rings. The Hall–Kier alpha value is -2.49. The molecule has 0 aromatic heterocycles. The van der Waals surface area contributed by atoms with Crippen LogP contribution in [0.4, 0.5) is 4.79 Å². The molecule has 0 heterocycles. The van der Waals surface area contributed by atoms with Gasteiger partial charge < -0.3 is 15.0 Å². The Morgan fingerprint density at radius 3 is 2.38 bits per heavy atom. The third-order valence-electron chi connectivity index (χ3n) is 4.00. The zero-order valence-electron chi connectivity index (χ0n) is 14.7. The normalized spacial score (nSPS) is 11.6. The van der Waals surface area contributed by atoms with Crippen molar-refractivity contribution in [3.8, 4) is 5.75 Å². The van der Waals surface area contributed by atoms with Gasteiger partial charge in [0, 0.05) is 19.6 Å². The zero-order chi connectivity index (χ0) is 17.4. The number of benzene rings is 2. The molecule has 0 fully saturated rings. The number of nitrogens with one attached hydrogen (secondary N) is 1. The number of aryl methyl sites for hydroxylation is 1. The number of methoxy groups -OCH3 is 1. The lowest BCUT2D eigenvalue weighted by molar-refractivity contribution is 0.203. The van der Waals surface area contributed by atoms with Crippen molar-refractivity contribution in [2.75, 3.05) is 14.2 Å². The van der Waals surface area contributed by atoms with Gasteiger partial charge in [-0.2, -0.15) is 0 Å². The third-order valence-corrected chi connectivity index (χ3v) is 4.00. The second-order valence-corrected chi connectivity index (χ2v) is 6.08. The first-order valence-corrected chi connectivity index (χ1v) is 8.27. The van der Waals surface area contributed by atoms with Gasteiger partial charge >= 0.3 is 6.03 Å². The fourth-order valence-electron chi connectivity index (χ4n) is 2.50. The molecule has 4 nitrogen and oxygen atoms in total. The molecule has 0 radical (unpaired) electrons. The first kappa shape index (κ1) is 17.9. The van der Waals surface area contributed by atoms with Crippen LogP contribution in [0.15, 0.2) is 54.6 Å². The fourth-order valence-corrected chi connectivity index (χ4v) is 2.50. The van der Waals surface area contributed by atoms with Gasteiger partial charge in [0.15, 0.2) is 0 Å². The van der Waals surface area contributed by atoms with Gasteiger partial charge in [-0.25, -0.2) is 4.79 Å². The van der Waals surface area contributed by atoms with Crippen LogP contribution in [0.2, 0.25) is 0 Å². The maximum absolute atomic E-state index is 12.3. The molecule has 0 saturated heterocycles. The molecule has 4 heteroatoms. The summed E-state index contributed by atoms with van der Waals surface area (Å²) in [5.74, 6) is 0.820. The monoisotopic (exact) mass is 326 g/mol. The molecular formula is C20H26N2O2. The van der Waals surface area contributed by atoms with E-state index in [4.69, 9.17) is 4.74 Å². The van der Waals surface area contributed by atoms with Gasteiger partial charge in [-0.15, -0.1) is 0 Å². The highest BCUT2D eigenvalue weighted by Gasteiger charge is 2.12. The lowest BCUT2D eigenvalue weighted by Gasteiger charge is -2.21. The van der Waals surface area contributed by atoms with Crippen LogP contribution >= 0.6 is 0 Å². The molecule has 2 aromatic carbocycles. The third kappa shape index (κ3) is 5.61. The van der Waals surface area contributed by atoms with E-state index in [0.29, 0.717) is 6.54 Å². The number of rotatable bonds is 7. The second kappa shape index (κ2) is 8.96. The molecular weight excluding hydrogens is 300 g/mol. The number of urea groups is 1. The van der Waals surface area contributed by atoms with E-state index in [-0.39, 0.29) is 12.1 Å². The Kier molecular flexibility index (Phi) is 6.67. The zero-order valence-corrected chi connectivity index (χ0v) is 14.7. The van der Waals surface area contributed by atoms with Gasteiger partial charge in [-0.05, 0) is 43.0 Å². The quantitative estimate of drug-likeness (QED) is 0.839. The van der Waals surface area contributed by atoms with Gasteiger partial charge in [0.25, 0.3) is 0 Å². The van der Waals surface area contributed by atoms with Crippen molar-refractivity contribution in [2.45, 2.75) is 32.4 Å². The Morgan fingerprint density at radius 2 is 1.75 bits per heavy atom. The van der Waals surface area contributed by atoms with Crippen LogP contribution in [-0.4, -0.2) is 31.1 Å². The van der Waals surface area contributed by atoms with E-state index in [1.807, 2.05) is 56.4 Å². The fraction of sp³-hybridized carbons (Fsp3) is 0.350. The standard InChI is InChI=1S/C20H26N2O2/c1-16(9-10-17-7-5-4-6-8-17)21-20(23)22(2)15-18-11-13-19(24-3)14-12-18/h4-8,11-14,16H,9-10,15H2,1-3H3,(H,21,23). The van der Waals surface area contributed by atoms with Crippen molar-refractivity contribution >= 4 is 6.03 Å². The van der Waals surface area contributed by atoms with Crippen LogP contribution in [0.5, 0.6) is 5.75 Å². The number of carbonyl (C=O) groups excluding carboxylic acids is 1. The highest BCUT2D eigenvalue weighted by molar-refractivity contribution is 5.74. The van der Waals surface area contributed by atoms with E-state index in [1.165, 1.54) is 5.56 Å². The summed E-state index contributed by atoms with van der Waals surface area (Å²) >= 11 is 0. The Bertz CT molecular complexity index is 626. The number of ether oxygens (including phenoxy) is 1. The molecule has 0 saturated carbocycles. The van der Waals surface area contributed by atoms with Crippen molar-refractivity contribution < 1.29 is 9.53 Å². The minimum atomic E-state index is -0.0496. The highest BCUT2D eigenvalue weighted by atomic mass is 16.5. The minimum Gasteiger partial charge on any atom is -0.497 e. The summed E-state index contributed by atoms with van der Waals surface area (Å²) in [5.41, 5.74) is 2.37. The predicted molar refractivity (Wildman–Crippen MR) is 97.2 cm³/mol. The molecule has 2 rings (SSSR count). The van der Waals surface area contributed by atoms with Gasteiger partial charge in [0.1, 0.15) is 5.75 Å². The molecule has 1 unspecified atom stereocenters. The van der Waals surface area contributed by atoms with Gasteiger partial charge in [-0.3, -0.25) is 0 Å². The molecule has 0 aliphatic heterocycles. The van der Waals surface area contributed by atoms with Crippen LogP contribution in [0.25, 0.3) is 0 Å². The largest absolute Gasteiger partial charge is 0.497 e. The van der Waals surface area contributed by atoms with Crippen molar-refractivity contribution in [2.24, 2.45) is 0 Å². The summed E-state index contributed by atoms with van der Waals surface area (Å²) in [4.78, 5) is 14.0. The van der Waals surface area contributed by atoms with Gasteiger partial charge in [0.2, 0.25) is 0 Å². The molecule has 24 heavy (non-hydrogen) atoms. The van der Waals surface area contributed by atoms with Crippen molar-refractivity contribution in [3.05, 3.63) is 65.7 Å². The number of hydrogen-bond acceptors (Lipinski definition) is 2. The number of hydrogen-bond donors (Lipinski definition) is 1. The summed E-state index contributed by atoms with van der Waals surface area (Å²) in [6.45, 7) is 2.61. The molecule has 2 amide bonds. The van der Waals surface area contributed by atoms with Crippen LogP contribution in [-0.2, 0) is 13.0 Å². The van der Waals surface area contributed by atoms with Gasteiger partial charge in [0.05, 0.1) is 7.11 Å². The first-order valence-electron chi connectivity index (χ1n) is 8.27. The first-order chi connectivity index (χ1) is 11.6. The van der Waals surface area contributed by atoms with Crippen molar-refractivity contribution in [1.29, 1.82) is 0 Å². The molecule has 0 bridgehead atoms. The van der Waals surface area contributed by atoms with E-state index >= 15 is 0 Å². The van der Waals surface area contributed by atoms with E-state index < -0.39 is 0 Å². The summed E-state index contributed by atoms with van der Waals surface area (Å²) in [5, 5.41) is 3.05. The Labute approximate surface area is 144 Å².